The lowest BCUT2D eigenvalue weighted by molar-refractivity contribution is 0.681. The Morgan fingerprint density at radius 3 is 2.55 bits per heavy atom. The minimum atomic E-state index is 0.697. The third-order valence-electron chi connectivity index (χ3n) is 5.27. The summed E-state index contributed by atoms with van der Waals surface area (Å²) in [4.78, 5) is 4.77. The lowest BCUT2D eigenvalue weighted by Gasteiger charge is -2.09. The van der Waals surface area contributed by atoms with Gasteiger partial charge in [-0.15, -0.1) is 0 Å². The predicted octanol–water partition coefficient (Wildman–Crippen LogP) is 5.02. The number of hydrogen-bond acceptors (Lipinski definition) is 3. The minimum absolute atomic E-state index is 0.697. The molecule has 2 aromatic carbocycles. The molecule has 0 amide bonds. The van der Waals surface area contributed by atoms with Gasteiger partial charge in [-0.05, 0) is 35.6 Å². The lowest BCUT2D eigenvalue weighted by atomic mass is 9.99. The summed E-state index contributed by atoms with van der Waals surface area (Å²) in [5, 5.41) is 14.1. The van der Waals surface area contributed by atoms with E-state index < -0.39 is 0 Å². The maximum atomic E-state index is 9.36. The second kappa shape index (κ2) is 8.32. The number of unbranched alkanes of at least 4 members (excludes halogenated alkanes) is 1. The van der Waals surface area contributed by atoms with Gasteiger partial charge in [0.25, 0.3) is 0 Å². The first-order valence-corrected chi connectivity index (χ1v) is 10.3. The smallest absolute Gasteiger partial charge is 0.232 e. The van der Waals surface area contributed by atoms with Gasteiger partial charge in [-0.2, -0.15) is 10.4 Å². The number of fused-ring (bicyclic) bond motifs is 1. The summed E-state index contributed by atoms with van der Waals surface area (Å²) in [7, 11) is 0. The zero-order valence-electron chi connectivity index (χ0n) is 17.0. The van der Waals surface area contributed by atoms with E-state index in [4.69, 9.17) is 10.1 Å². The molecule has 0 saturated carbocycles. The van der Waals surface area contributed by atoms with Gasteiger partial charge in [-0.25, -0.2) is 9.50 Å². The van der Waals surface area contributed by atoms with Gasteiger partial charge in [0, 0.05) is 6.42 Å². The Bertz CT molecular complexity index is 1160. The number of nitriles is 1. The van der Waals surface area contributed by atoms with Crippen LogP contribution in [-0.4, -0.2) is 19.2 Å². The van der Waals surface area contributed by atoms with Crippen LogP contribution in [0.1, 0.15) is 49.3 Å². The first-order valence-electron chi connectivity index (χ1n) is 10.3. The van der Waals surface area contributed by atoms with E-state index in [1.54, 1.807) is 0 Å². The summed E-state index contributed by atoms with van der Waals surface area (Å²) in [6.07, 6.45) is 6.14. The maximum Gasteiger partial charge on any atom is 0.232 e. The van der Waals surface area contributed by atoms with Crippen molar-refractivity contribution in [1.29, 1.82) is 5.26 Å². The van der Waals surface area contributed by atoms with Crippen molar-refractivity contribution in [1.82, 2.24) is 19.2 Å². The van der Waals surface area contributed by atoms with Gasteiger partial charge in [-0.1, -0.05) is 62.7 Å². The molecule has 0 saturated heterocycles. The molecule has 5 nitrogen and oxygen atoms in total. The molecule has 0 fully saturated rings. The minimum Gasteiger partial charge on any atom is -0.292 e. The molecule has 0 radical (unpaired) electrons. The Morgan fingerprint density at radius 2 is 1.83 bits per heavy atom. The van der Waals surface area contributed by atoms with E-state index in [1.807, 2.05) is 35.0 Å². The summed E-state index contributed by atoms with van der Waals surface area (Å²) in [6.45, 7) is 5.05. The molecule has 29 heavy (non-hydrogen) atoms. The molecule has 0 aliphatic carbocycles. The second-order valence-corrected chi connectivity index (χ2v) is 7.29. The van der Waals surface area contributed by atoms with Crippen LogP contribution in [0.4, 0.5) is 0 Å². The molecule has 0 bridgehead atoms. The van der Waals surface area contributed by atoms with Gasteiger partial charge in [0.1, 0.15) is 5.82 Å². The number of aryl methyl sites for hydroxylation is 2. The van der Waals surface area contributed by atoms with Crippen LogP contribution >= 0.6 is 0 Å². The van der Waals surface area contributed by atoms with Gasteiger partial charge in [0.05, 0.1) is 30.1 Å². The molecule has 2 aromatic heterocycles. The highest BCUT2D eigenvalue weighted by Crippen LogP contribution is 2.24. The third kappa shape index (κ3) is 3.79. The SMILES string of the molecule is CCCCc1nn2cc(CC)nc2n1Cc1ccc(-c2ccccc2C#N)cc1. The van der Waals surface area contributed by atoms with Gasteiger partial charge >= 0.3 is 0 Å². The first-order chi connectivity index (χ1) is 14.2. The summed E-state index contributed by atoms with van der Waals surface area (Å²) in [6, 6.07) is 18.4. The number of aromatic nitrogens is 4. The normalized spacial score (nSPS) is 11.1. The average Bonchev–Trinajstić information content (AvgIpc) is 3.31. The fraction of sp³-hybridized carbons (Fsp3) is 0.292. The quantitative estimate of drug-likeness (QED) is 0.450. The molecule has 4 rings (SSSR count). The molecule has 2 heterocycles. The molecule has 0 aliphatic rings. The van der Waals surface area contributed by atoms with Crippen molar-refractivity contribution in [3.8, 4) is 17.2 Å². The molecule has 5 heteroatoms. The van der Waals surface area contributed by atoms with Gasteiger partial charge in [0.2, 0.25) is 5.78 Å². The Morgan fingerprint density at radius 1 is 1.03 bits per heavy atom. The number of nitrogens with zero attached hydrogens (tertiary/aromatic N) is 5. The lowest BCUT2D eigenvalue weighted by Crippen LogP contribution is -2.06. The van der Waals surface area contributed by atoms with Crippen molar-refractivity contribution in [2.75, 3.05) is 0 Å². The average molecular weight is 383 g/mol. The second-order valence-electron chi connectivity index (χ2n) is 7.29. The zero-order valence-corrected chi connectivity index (χ0v) is 17.0. The molecule has 0 N–H and O–H groups in total. The fourth-order valence-corrected chi connectivity index (χ4v) is 3.62. The first kappa shape index (κ1) is 18.9. The molecule has 0 aliphatic heterocycles. The Hall–Kier alpha value is -3.39. The van der Waals surface area contributed by atoms with Crippen LogP contribution in [0.15, 0.2) is 54.7 Å². The summed E-state index contributed by atoms with van der Waals surface area (Å²) in [5.41, 5.74) is 4.98. The van der Waals surface area contributed by atoms with E-state index in [1.165, 1.54) is 5.56 Å². The van der Waals surface area contributed by atoms with Gasteiger partial charge < -0.3 is 0 Å². The van der Waals surface area contributed by atoms with Crippen LogP contribution in [0.25, 0.3) is 16.9 Å². The van der Waals surface area contributed by atoms with E-state index in [2.05, 4.69) is 48.7 Å². The highest BCUT2D eigenvalue weighted by Gasteiger charge is 2.14. The number of rotatable bonds is 7. The van der Waals surface area contributed by atoms with Gasteiger partial charge in [-0.3, -0.25) is 4.57 Å². The van der Waals surface area contributed by atoms with E-state index in [9.17, 15) is 5.26 Å². The molecule has 4 aromatic rings. The monoisotopic (exact) mass is 383 g/mol. The highest BCUT2D eigenvalue weighted by molar-refractivity contribution is 5.70. The molecular weight excluding hydrogens is 358 g/mol. The van der Waals surface area contributed by atoms with E-state index >= 15 is 0 Å². The van der Waals surface area contributed by atoms with Crippen LogP contribution in [0.3, 0.4) is 0 Å². The third-order valence-corrected chi connectivity index (χ3v) is 5.27. The Kier molecular flexibility index (Phi) is 5.44. The standard InChI is InChI=1S/C24H25N5/c1-3-5-10-23-27-29-17-21(4-2)26-24(29)28(23)16-18-11-13-19(14-12-18)22-9-7-6-8-20(22)15-25/h6-9,11-14,17H,3-5,10,16H2,1-2H3. The van der Waals surface area contributed by atoms with E-state index in [-0.39, 0.29) is 0 Å². The molecular formula is C24H25N5. The van der Waals surface area contributed by atoms with Crippen LogP contribution in [0, 0.1) is 11.3 Å². The molecule has 0 unspecified atom stereocenters. The van der Waals surface area contributed by atoms with Crippen molar-refractivity contribution in [3.05, 3.63) is 77.4 Å². The zero-order chi connectivity index (χ0) is 20.2. The topological polar surface area (TPSA) is 58.9 Å². The number of benzene rings is 2. The van der Waals surface area contributed by atoms with Crippen LogP contribution in [0.5, 0.6) is 0 Å². The van der Waals surface area contributed by atoms with Crippen LogP contribution in [0.2, 0.25) is 0 Å². The molecule has 0 atom stereocenters. The van der Waals surface area contributed by atoms with Gasteiger partial charge in [0.15, 0.2) is 0 Å². The summed E-state index contributed by atoms with van der Waals surface area (Å²) in [5.74, 6) is 1.99. The van der Waals surface area contributed by atoms with E-state index in [0.717, 1.165) is 60.7 Å². The van der Waals surface area contributed by atoms with Crippen molar-refractivity contribution < 1.29 is 0 Å². The number of hydrogen-bond donors (Lipinski definition) is 0. The highest BCUT2D eigenvalue weighted by atomic mass is 15.4. The van der Waals surface area contributed by atoms with Crippen molar-refractivity contribution in [3.63, 3.8) is 0 Å². The molecule has 146 valence electrons. The maximum absolute atomic E-state index is 9.36. The molecule has 0 spiro atoms. The Labute approximate surface area is 171 Å². The van der Waals surface area contributed by atoms with Crippen molar-refractivity contribution in [2.24, 2.45) is 0 Å². The fourth-order valence-electron chi connectivity index (χ4n) is 3.62. The van der Waals surface area contributed by atoms with Crippen molar-refractivity contribution in [2.45, 2.75) is 46.1 Å². The van der Waals surface area contributed by atoms with Crippen LogP contribution in [-0.2, 0) is 19.4 Å². The summed E-state index contributed by atoms with van der Waals surface area (Å²) >= 11 is 0. The van der Waals surface area contributed by atoms with Crippen LogP contribution < -0.4 is 0 Å². The summed E-state index contributed by atoms with van der Waals surface area (Å²) < 4.78 is 4.15. The van der Waals surface area contributed by atoms with E-state index in [0.29, 0.717) is 5.56 Å². The largest absolute Gasteiger partial charge is 0.292 e. The number of imidazole rings is 1. The Balaban J connectivity index is 1.65. The van der Waals surface area contributed by atoms with Crippen molar-refractivity contribution >= 4 is 5.78 Å². The predicted molar refractivity (Wildman–Crippen MR) is 115 cm³/mol.